The lowest BCUT2D eigenvalue weighted by molar-refractivity contribution is -0.384. The van der Waals surface area contributed by atoms with Crippen molar-refractivity contribution in [1.82, 2.24) is 9.88 Å². The molecule has 138 valence electrons. The highest BCUT2D eigenvalue weighted by Gasteiger charge is 2.27. The third kappa shape index (κ3) is 3.06. The highest BCUT2D eigenvalue weighted by molar-refractivity contribution is 9.10. The lowest BCUT2D eigenvalue weighted by Gasteiger charge is -2.27. The summed E-state index contributed by atoms with van der Waals surface area (Å²) in [5.74, 6) is 0.0589. The van der Waals surface area contributed by atoms with Crippen LogP contribution in [0.3, 0.4) is 0 Å². The van der Waals surface area contributed by atoms with Gasteiger partial charge in [0, 0.05) is 58.3 Å². The highest BCUT2D eigenvalue weighted by Crippen LogP contribution is 2.32. The Morgan fingerprint density at radius 2 is 2.11 bits per heavy atom. The number of amides is 1. The van der Waals surface area contributed by atoms with Gasteiger partial charge in [-0.2, -0.15) is 0 Å². The summed E-state index contributed by atoms with van der Waals surface area (Å²) in [6, 6.07) is 10.1. The van der Waals surface area contributed by atoms with Crippen LogP contribution in [-0.4, -0.2) is 34.4 Å². The zero-order chi connectivity index (χ0) is 19.1. The number of hydrogen-bond donors (Lipinski definition) is 1. The minimum Gasteiger partial charge on any atom is -0.496 e. The molecule has 1 aliphatic rings. The number of methoxy groups -OCH3 is 1. The summed E-state index contributed by atoms with van der Waals surface area (Å²) >= 11 is 3.49. The van der Waals surface area contributed by atoms with Gasteiger partial charge in [-0.05, 0) is 24.3 Å². The maximum absolute atomic E-state index is 13.1. The molecule has 2 aromatic carbocycles. The standard InChI is InChI=1S/C19H16BrN3O4/c1-27-18-5-3-12(23(25)26)9-14(18)19(24)22-7-6-17-15(10-22)13-8-11(20)2-4-16(13)21-17/h2-5,8-9,21H,6-7,10H2,1H3. The highest BCUT2D eigenvalue weighted by atomic mass is 79.9. The zero-order valence-corrected chi connectivity index (χ0v) is 16.1. The molecule has 0 bridgehead atoms. The van der Waals surface area contributed by atoms with Crippen LogP contribution in [0.25, 0.3) is 10.9 Å². The summed E-state index contributed by atoms with van der Waals surface area (Å²) in [7, 11) is 1.45. The molecule has 0 aliphatic carbocycles. The van der Waals surface area contributed by atoms with Crippen molar-refractivity contribution in [2.24, 2.45) is 0 Å². The Kier molecular flexibility index (Phi) is 4.35. The summed E-state index contributed by atoms with van der Waals surface area (Å²) < 4.78 is 6.22. The summed E-state index contributed by atoms with van der Waals surface area (Å²) in [5, 5.41) is 12.2. The van der Waals surface area contributed by atoms with Crippen LogP contribution >= 0.6 is 15.9 Å². The summed E-state index contributed by atoms with van der Waals surface area (Å²) in [6.07, 6.45) is 0.699. The van der Waals surface area contributed by atoms with Gasteiger partial charge in [0.25, 0.3) is 11.6 Å². The van der Waals surface area contributed by atoms with E-state index >= 15 is 0 Å². The number of nitrogens with one attached hydrogen (secondary N) is 1. The van der Waals surface area contributed by atoms with E-state index < -0.39 is 4.92 Å². The summed E-state index contributed by atoms with van der Waals surface area (Å²) in [4.78, 5) is 28.8. The van der Waals surface area contributed by atoms with Crippen LogP contribution in [0.2, 0.25) is 0 Å². The van der Waals surface area contributed by atoms with E-state index in [0.717, 1.165) is 26.6 Å². The van der Waals surface area contributed by atoms with Crippen molar-refractivity contribution >= 4 is 38.4 Å². The number of hydrogen-bond acceptors (Lipinski definition) is 4. The first kappa shape index (κ1) is 17.5. The smallest absolute Gasteiger partial charge is 0.270 e. The molecule has 1 N–H and O–H groups in total. The van der Waals surface area contributed by atoms with E-state index in [1.807, 2.05) is 18.2 Å². The molecule has 27 heavy (non-hydrogen) atoms. The number of nitro groups is 1. The molecular weight excluding hydrogens is 414 g/mol. The van der Waals surface area contributed by atoms with Gasteiger partial charge in [-0.15, -0.1) is 0 Å². The number of rotatable bonds is 3. The number of benzene rings is 2. The van der Waals surface area contributed by atoms with Gasteiger partial charge in [-0.3, -0.25) is 14.9 Å². The largest absolute Gasteiger partial charge is 0.496 e. The molecule has 1 aromatic heterocycles. The SMILES string of the molecule is COc1ccc([N+](=O)[O-])cc1C(=O)N1CCc2[nH]c3ccc(Br)cc3c2C1. The predicted octanol–water partition coefficient (Wildman–Crippen LogP) is 4.05. The second-order valence-electron chi connectivity index (χ2n) is 6.39. The van der Waals surface area contributed by atoms with Gasteiger partial charge < -0.3 is 14.6 Å². The van der Waals surface area contributed by atoms with Crippen LogP contribution in [0, 0.1) is 10.1 Å². The molecule has 8 heteroatoms. The molecule has 4 rings (SSSR count). The Labute approximate surface area is 163 Å². The number of H-pyrrole nitrogens is 1. The van der Waals surface area contributed by atoms with Gasteiger partial charge in [-0.25, -0.2) is 0 Å². The minimum absolute atomic E-state index is 0.132. The van der Waals surface area contributed by atoms with E-state index in [2.05, 4.69) is 20.9 Å². The quantitative estimate of drug-likeness (QED) is 0.502. The van der Waals surface area contributed by atoms with Crippen molar-refractivity contribution in [3.05, 3.63) is 67.8 Å². The second-order valence-corrected chi connectivity index (χ2v) is 7.31. The lowest BCUT2D eigenvalue weighted by atomic mass is 10.0. The number of halogens is 1. The van der Waals surface area contributed by atoms with Gasteiger partial charge in [-0.1, -0.05) is 15.9 Å². The number of nitrogens with zero attached hydrogens (tertiary/aromatic N) is 2. The first-order valence-corrected chi connectivity index (χ1v) is 9.18. The summed E-state index contributed by atoms with van der Waals surface area (Å²) in [5.41, 5.74) is 3.31. The number of nitro benzene ring substituents is 1. The molecule has 0 saturated carbocycles. The van der Waals surface area contributed by atoms with E-state index in [1.165, 1.54) is 25.3 Å². The van der Waals surface area contributed by atoms with E-state index in [0.29, 0.717) is 25.3 Å². The van der Waals surface area contributed by atoms with Gasteiger partial charge in [0.2, 0.25) is 0 Å². The van der Waals surface area contributed by atoms with Crippen molar-refractivity contribution in [1.29, 1.82) is 0 Å². The van der Waals surface area contributed by atoms with Crippen LogP contribution in [0.5, 0.6) is 5.75 Å². The third-order valence-electron chi connectivity index (χ3n) is 4.85. The molecule has 0 unspecified atom stereocenters. The average Bonchev–Trinajstić information content (AvgIpc) is 3.03. The van der Waals surface area contributed by atoms with E-state index in [-0.39, 0.29) is 17.2 Å². The number of ether oxygens (including phenoxy) is 1. The van der Waals surface area contributed by atoms with Crippen molar-refractivity contribution in [2.75, 3.05) is 13.7 Å². The molecule has 0 saturated heterocycles. The molecule has 7 nitrogen and oxygen atoms in total. The Hall–Kier alpha value is -2.87. The number of aromatic amines is 1. The number of non-ortho nitro benzene ring substituents is 1. The third-order valence-corrected chi connectivity index (χ3v) is 5.34. The first-order valence-electron chi connectivity index (χ1n) is 8.38. The fourth-order valence-electron chi connectivity index (χ4n) is 3.51. The van der Waals surface area contributed by atoms with Gasteiger partial charge in [0.15, 0.2) is 0 Å². The molecule has 1 amide bonds. The second kappa shape index (κ2) is 6.70. The molecule has 1 aliphatic heterocycles. The number of aromatic nitrogens is 1. The fraction of sp³-hybridized carbons (Fsp3) is 0.211. The van der Waals surface area contributed by atoms with E-state index in [9.17, 15) is 14.9 Å². The molecule has 0 spiro atoms. The first-order chi connectivity index (χ1) is 13.0. The molecule has 3 aromatic rings. The summed E-state index contributed by atoms with van der Waals surface area (Å²) in [6.45, 7) is 0.974. The monoisotopic (exact) mass is 429 g/mol. The Bertz CT molecular complexity index is 1080. The number of carbonyl (C=O) groups is 1. The van der Waals surface area contributed by atoms with Crippen LogP contribution in [0.4, 0.5) is 5.69 Å². The van der Waals surface area contributed by atoms with Gasteiger partial charge >= 0.3 is 0 Å². The van der Waals surface area contributed by atoms with Crippen molar-refractivity contribution in [3.8, 4) is 5.75 Å². The fourth-order valence-corrected chi connectivity index (χ4v) is 3.87. The minimum atomic E-state index is -0.512. The van der Waals surface area contributed by atoms with Crippen LogP contribution in [0.1, 0.15) is 21.6 Å². The maximum atomic E-state index is 13.1. The van der Waals surface area contributed by atoms with Gasteiger partial charge in [0.1, 0.15) is 5.75 Å². The van der Waals surface area contributed by atoms with Crippen molar-refractivity contribution in [2.45, 2.75) is 13.0 Å². The topological polar surface area (TPSA) is 88.5 Å². The maximum Gasteiger partial charge on any atom is 0.270 e. The molecule has 2 heterocycles. The Morgan fingerprint density at radius 1 is 1.30 bits per heavy atom. The predicted molar refractivity (Wildman–Crippen MR) is 104 cm³/mol. The van der Waals surface area contributed by atoms with Crippen LogP contribution in [-0.2, 0) is 13.0 Å². The van der Waals surface area contributed by atoms with E-state index in [1.54, 1.807) is 4.90 Å². The van der Waals surface area contributed by atoms with Crippen molar-refractivity contribution in [3.63, 3.8) is 0 Å². The lowest BCUT2D eigenvalue weighted by Crippen LogP contribution is -2.36. The van der Waals surface area contributed by atoms with Crippen LogP contribution < -0.4 is 4.74 Å². The van der Waals surface area contributed by atoms with Crippen molar-refractivity contribution < 1.29 is 14.5 Å². The molecule has 0 fully saturated rings. The normalized spacial score (nSPS) is 13.5. The number of carbonyl (C=O) groups excluding carboxylic acids is 1. The average molecular weight is 430 g/mol. The Balaban J connectivity index is 1.71. The Morgan fingerprint density at radius 3 is 2.85 bits per heavy atom. The molecule has 0 radical (unpaired) electrons. The van der Waals surface area contributed by atoms with Crippen LogP contribution in [0.15, 0.2) is 40.9 Å². The molecule has 0 atom stereocenters. The van der Waals surface area contributed by atoms with Gasteiger partial charge in [0.05, 0.1) is 17.6 Å². The number of fused-ring (bicyclic) bond motifs is 3. The van der Waals surface area contributed by atoms with E-state index in [4.69, 9.17) is 4.74 Å². The molecular formula is C19H16BrN3O4. The zero-order valence-electron chi connectivity index (χ0n) is 14.5.